The fourth-order valence-electron chi connectivity index (χ4n) is 6.67. The van der Waals surface area contributed by atoms with Crippen molar-refractivity contribution >= 4 is 55.3 Å². The maximum atomic E-state index is 5.27. The highest BCUT2D eigenvalue weighted by atomic mass is 15.1. The van der Waals surface area contributed by atoms with Crippen LogP contribution in [0.5, 0.6) is 0 Å². The van der Waals surface area contributed by atoms with Crippen molar-refractivity contribution in [1.82, 2.24) is 14.4 Å². The first kappa shape index (κ1) is 26.2. The van der Waals surface area contributed by atoms with Crippen molar-refractivity contribution in [3.63, 3.8) is 0 Å². The van der Waals surface area contributed by atoms with Gasteiger partial charge in [0.05, 0.1) is 16.7 Å². The standard InChI is InChI=1S/C42H28N4/c1-5-15-29(16-6-1)40-37-28-39-35-24-14-13-23-34(35)36-27-33(45(31-19-9-3-10-20-31)32-21-11-4-12-22-32)25-26-38(36)46(39)42(37)44-41(43-40)30-17-7-2-8-18-30/h1-28H. The average Bonchev–Trinajstić information content (AvgIpc) is 3.53. The number of rotatable bonds is 5. The highest BCUT2D eigenvalue weighted by molar-refractivity contribution is 6.17. The molecule has 3 aromatic heterocycles. The SMILES string of the molecule is c1ccc(-c2nc(-c3ccccc3)c3cc4c5ccccc5c5cc(N(c6ccccc6)c6ccccc6)ccc5n4c3n2)cc1. The summed E-state index contributed by atoms with van der Waals surface area (Å²) in [6.07, 6.45) is 0. The largest absolute Gasteiger partial charge is 0.310 e. The summed E-state index contributed by atoms with van der Waals surface area (Å²) < 4.78 is 2.33. The first-order valence-electron chi connectivity index (χ1n) is 15.5. The van der Waals surface area contributed by atoms with E-state index >= 15 is 0 Å². The van der Waals surface area contributed by atoms with Gasteiger partial charge in [-0.2, -0.15) is 0 Å². The van der Waals surface area contributed by atoms with Gasteiger partial charge in [-0.15, -0.1) is 0 Å². The second-order valence-corrected chi connectivity index (χ2v) is 11.5. The van der Waals surface area contributed by atoms with Crippen LogP contribution in [-0.2, 0) is 0 Å². The summed E-state index contributed by atoms with van der Waals surface area (Å²) in [5.41, 5.74) is 9.42. The molecule has 6 aromatic carbocycles. The molecule has 0 aliphatic heterocycles. The number of aromatic nitrogens is 3. The van der Waals surface area contributed by atoms with Crippen LogP contribution in [0.3, 0.4) is 0 Å². The van der Waals surface area contributed by atoms with Gasteiger partial charge < -0.3 is 4.90 Å². The minimum absolute atomic E-state index is 0.712. The van der Waals surface area contributed by atoms with Gasteiger partial charge in [0.2, 0.25) is 0 Å². The molecule has 0 saturated heterocycles. The third-order valence-corrected chi connectivity index (χ3v) is 8.74. The number of fused-ring (bicyclic) bond motifs is 8. The predicted octanol–water partition coefficient (Wildman–Crippen LogP) is 11.0. The van der Waals surface area contributed by atoms with Crippen LogP contribution in [-0.4, -0.2) is 14.4 Å². The molecule has 0 spiro atoms. The zero-order valence-corrected chi connectivity index (χ0v) is 25.0. The Morgan fingerprint density at radius 1 is 0.391 bits per heavy atom. The molecule has 0 saturated carbocycles. The Balaban J connectivity index is 1.39. The van der Waals surface area contributed by atoms with Gasteiger partial charge >= 0.3 is 0 Å². The zero-order chi connectivity index (χ0) is 30.5. The number of nitrogens with zero attached hydrogens (tertiary/aromatic N) is 4. The lowest BCUT2D eigenvalue weighted by Crippen LogP contribution is -2.09. The van der Waals surface area contributed by atoms with Crippen LogP contribution in [0.15, 0.2) is 170 Å². The topological polar surface area (TPSA) is 33.4 Å². The number of hydrogen-bond donors (Lipinski definition) is 0. The number of hydrogen-bond acceptors (Lipinski definition) is 3. The van der Waals surface area contributed by atoms with E-state index in [4.69, 9.17) is 9.97 Å². The number of pyridine rings is 1. The Morgan fingerprint density at radius 3 is 1.61 bits per heavy atom. The first-order valence-corrected chi connectivity index (χ1v) is 15.5. The molecule has 0 bridgehead atoms. The molecule has 3 heterocycles. The van der Waals surface area contributed by atoms with Crippen molar-refractivity contribution in [1.29, 1.82) is 0 Å². The van der Waals surface area contributed by atoms with E-state index in [0.29, 0.717) is 5.82 Å². The molecular formula is C42H28N4. The Morgan fingerprint density at radius 2 is 0.957 bits per heavy atom. The molecular weight excluding hydrogens is 560 g/mol. The van der Waals surface area contributed by atoms with E-state index < -0.39 is 0 Å². The lowest BCUT2D eigenvalue weighted by molar-refractivity contribution is 1.18. The van der Waals surface area contributed by atoms with Gasteiger partial charge in [0.15, 0.2) is 5.82 Å². The maximum Gasteiger partial charge on any atom is 0.162 e. The van der Waals surface area contributed by atoms with Crippen molar-refractivity contribution < 1.29 is 0 Å². The Kier molecular flexibility index (Phi) is 6.10. The molecule has 0 N–H and O–H groups in total. The van der Waals surface area contributed by atoms with Crippen molar-refractivity contribution in [2.45, 2.75) is 0 Å². The molecule has 46 heavy (non-hydrogen) atoms. The molecule has 9 rings (SSSR count). The van der Waals surface area contributed by atoms with E-state index in [0.717, 1.165) is 61.3 Å². The van der Waals surface area contributed by atoms with Gasteiger partial charge in [-0.3, -0.25) is 4.40 Å². The monoisotopic (exact) mass is 588 g/mol. The summed E-state index contributed by atoms with van der Waals surface area (Å²) in [6, 6.07) is 59.5. The van der Waals surface area contributed by atoms with Gasteiger partial charge in [-0.25, -0.2) is 9.97 Å². The second-order valence-electron chi connectivity index (χ2n) is 11.5. The van der Waals surface area contributed by atoms with E-state index in [1.54, 1.807) is 0 Å². The van der Waals surface area contributed by atoms with E-state index in [1.165, 1.54) is 10.8 Å². The molecule has 4 heteroatoms. The molecule has 0 atom stereocenters. The quantitative estimate of drug-likeness (QED) is 0.188. The smallest absolute Gasteiger partial charge is 0.162 e. The molecule has 0 radical (unpaired) electrons. The summed E-state index contributed by atoms with van der Waals surface area (Å²) in [5, 5.41) is 4.57. The van der Waals surface area contributed by atoms with Crippen LogP contribution >= 0.6 is 0 Å². The van der Waals surface area contributed by atoms with Crippen molar-refractivity contribution in [2.75, 3.05) is 4.90 Å². The second kappa shape index (κ2) is 10.7. The molecule has 9 aromatic rings. The predicted molar refractivity (Wildman–Crippen MR) is 191 cm³/mol. The minimum Gasteiger partial charge on any atom is -0.310 e. The van der Waals surface area contributed by atoms with E-state index in [9.17, 15) is 0 Å². The molecule has 4 nitrogen and oxygen atoms in total. The van der Waals surface area contributed by atoms with Gasteiger partial charge in [0, 0.05) is 44.3 Å². The maximum absolute atomic E-state index is 5.27. The lowest BCUT2D eigenvalue weighted by atomic mass is 10.0. The summed E-state index contributed by atoms with van der Waals surface area (Å²) in [6.45, 7) is 0. The first-order chi connectivity index (χ1) is 22.8. The normalized spacial score (nSPS) is 11.5. The Hall–Kier alpha value is -6.26. The van der Waals surface area contributed by atoms with Crippen molar-refractivity contribution in [3.05, 3.63) is 170 Å². The summed E-state index contributed by atoms with van der Waals surface area (Å²) >= 11 is 0. The van der Waals surface area contributed by atoms with Crippen LogP contribution < -0.4 is 4.90 Å². The summed E-state index contributed by atoms with van der Waals surface area (Å²) in [5.74, 6) is 0.712. The lowest BCUT2D eigenvalue weighted by Gasteiger charge is -2.26. The molecule has 0 unspecified atom stereocenters. The highest BCUT2D eigenvalue weighted by Gasteiger charge is 2.20. The van der Waals surface area contributed by atoms with E-state index in [2.05, 4.69) is 155 Å². The zero-order valence-electron chi connectivity index (χ0n) is 25.0. The molecule has 216 valence electrons. The van der Waals surface area contributed by atoms with Gasteiger partial charge in [-0.05, 0) is 53.9 Å². The molecule has 0 amide bonds. The number of anilines is 3. The third kappa shape index (κ3) is 4.23. The highest BCUT2D eigenvalue weighted by Crippen LogP contribution is 2.41. The summed E-state index contributed by atoms with van der Waals surface area (Å²) in [4.78, 5) is 12.8. The van der Waals surface area contributed by atoms with Crippen LogP contribution in [0.4, 0.5) is 17.1 Å². The third-order valence-electron chi connectivity index (χ3n) is 8.74. The molecule has 0 fully saturated rings. The van der Waals surface area contributed by atoms with Crippen molar-refractivity contribution in [3.8, 4) is 22.6 Å². The van der Waals surface area contributed by atoms with E-state index in [-0.39, 0.29) is 0 Å². The molecule has 0 aliphatic carbocycles. The van der Waals surface area contributed by atoms with Crippen LogP contribution in [0.1, 0.15) is 0 Å². The summed E-state index contributed by atoms with van der Waals surface area (Å²) in [7, 11) is 0. The van der Waals surface area contributed by atoms with Gasteiger partial charge in [0.1, 0.15) is 5.65 Å². The number of benzene rings is 6. The average molecular weight is 589 g/mol. The Labute approximate surface area is 266 Å². The van der Waals surface area contributed by atoms with Crippen LogP contribution in [0.2, 0.25) is 0 Å². The number of para-hydroxylation sites is 2. The molecule has 0 aliphatic rings. The van der Waals surface area contributed by atoms with Crippen LogP contribution in [0.25, 0.3) is 60.9 Å². The fraction of sp³-hybridized carbons (Fsp3) is 0. The van der Waals surface area contributed by atoms with Gasteiger partial charge in [-0.1, -0.05) is 121 Å². The van der Waals surface area contributed by atoms with Crippen molar-refractivity contribution in [2.24, 2.45) is 0 Å². The fourth-order valence-corrected chi connectivity index (χ4v) is 6.67. The Bertz CT molecular complexity index is 2470. The van der Waals surface area contributed by atoms with E-state index in [1.807, 2.05) is 24.3 Å². The van der Waals surface area contributed by atoms with Crippen LogP contribution in [0, 0.1) is 0 Å². The van der Waals surface area contributed by atoms with Gasteiger partial charge in [0.25, 0.3) is 0 Å². The minimum atomic E-state index is 0.712.